The fraction of sp³-hybridized carbons (Fsp3) is 1.00. The number of nitrogens with two attached hydrogens (primary N) is 1. The highest BCUT2D eigenvalue weighted by Gasteiger charge is 1.97. The molecule has 0 amide bonds. The Kier molecular flexibility index (Phi) is 2.82. The van der Waals surface area contributed by atoms with Gasteiger partial charge in [-0.25, -0.2) is 0 Å². The summed E-state index contributed by atoms with van der Waals surface area (Å²) in [5, 5.41) is 16.5. The second kappa shape index (κ2) is 3.16. The molecule has 0 saturated carbocycles. The van der Waals surface area contributed by atoms with E-state index >= 15 is 0 Å². The molecular formula is C2H6N2O4. The van der Waals surface area contributed by atoms with Crippen molar-refractivity contribution in [2.75, 3.05) is 6.61 Å². The molecule has 0 heterocycles. The summed E-state index contributed by atoms with van der Waals surface area (Å²) in [6.07, 6.45) is -1.28. The molecule has 6 heteroatoms. The van der Waals surface area contributed by atoms with Crippen LogP contribution in [-0.2, 0) is 4.84 Å². The van der Waals surface area contributed by atoms with Crippen molar-refractivity contribution in [3.05, 3.63) is 10.1 Å². The van der Waals surface area contributed by atoms with Crippen molar-refractivity contribution in [3.8, 4) is 0 Å². The third kappa shape index (κ3) is 5.12. The van der Waals surface area contributed by atoms with Crippen LogP contribution in [0.3, 0.4) is 0 Å². The molecule has 0 saturated heterocycles. The van der Waals surface area contributed by atoms with E-state index in [1.807, 2.05) is 0 Å². The Hall–Kier alpha value is -0.880. The zero-order chi connectivity index (χ0) is 6.57. The zero-order valence-corrected chi connectivity index (χ0v) is 3.98. The van der Waals surface area contributed by atoms with Gasteiger partial charge in [0.25, 0.3) is 5.09 Å². The van der Waals surface area contributed by atoms with Gasteiger partial charge in [0.2, 0.25) is 0 Å². The molecule has 0 aliphatic rings. The molecule has 48 valence electrons. The minimum atomic E-state index is -1.28. The van der Waals surface area contributed by atoms with E-state index in [0.717, 1.165) is 0 Å². The normalized spacial score (nSPS) is 12.8. The van der Waals surface area contributed by atoms with E-state index in [9.17, 15) is 10.1 Å². The fourth-order valence-corrected chi connectivity index (χ4v) is 0.137. The maximum Gasteiger partial charge on any atom is 0.294 e. The minimum Gasteiger partial charge on any atom is -0.377 e. The number of hydrogen-bond donors (Lipinski definition) is 2. The van der Waals surface area contributed by atoms with Crippen LogP contribution in [0.15, 0.2) is 0 Å². The van der Waals surface area contributed by atoms with Crippen LogP contribution in [0, 0.1) is 10.1 Å². The molecule has 0 radical (unpaired) electrons. The van der Waals surface area contributed by atoms with Crippen LogP contribution in [0.2, 0.25) is 0 Å². The summed E-state index contributed by atoms with van der Waals surface area (Å²) in [6.45, 7) is -0.479. The van der Waals surface area contributed by atoms with Crippen LogP contribution < -0.4 is 5.73 Å². The molecule has 0 aromatic rings. The lowest BCUT2D eigenvalue weighted by Crippen LogP contribution is -2.26. The summed E-state index contributed by atoms with van der Waals surface area (Å²) in [5.41, 5.74) is 4.67. The van der Waals surface area contributed by atoms with Crippen molar-refractivity contribution in [1.29, 1.82) is 0 Å². The number of aliphatic hydroxyl groups is 1. The summed E-state index contributed by atoms with van der Waals surface area (Å²) >= 11 is 0. The quantitative estimate of drug-likeness (QED) is 0.269. The highest BCUT2D eigenvalue weighted by molar-refractivity contribution is 4.33. The number of hydrogen-bond acceptors (Lipinski definition) is 5. The van der Waals surface area contributed by atoms with Crippen LogP contribution >= 0.6 is 0 Å². The van der Waals surface area contributed by atoms with Gasteiger partial charge in [0.15, 0.2) is 0 Å². The van der Waals surface area contributed by atoms with Crippen molar-refractivity contribution in [1.82, 2.24) is 0 Å². The lowest BCUT2D eigenvalue weighted by molar-refractivity contribution is -0.759. The Balaban J connectivity index is 3.05. The van der Waals surface area contributed by atoms with Crippen LogP contribution in [0.4, 0.5) is 0 Å². The van der Waals surface area contributed by atoms with Crippen molar-refractivity contribution < 1.29 is 15.0 Å². The van der Waals surface area contributed by atoms with E-state index in [-0.39, 0.29) is 0 Å². The Morgan fingerprint density at radius 1 is 2.00 bits per heavy atom. The summed E-state index contributed by atoms with van der Waals surface area (Å²) in [4.78, 5) is 13.0. The maximum absolute atomic E-state index is 9.32. The Morgan fingerprint density at radius 2 is 2.50 bits per heavy atom. The molecule has 1 unspecified atom stereocenters. The first-order valence-corrected chi connectivity index (χ1v) is 1.84. The standard InChI is InChI=1S/C2H6N2O4/c3-2(5)1-8-4(6)7/h2,5H,1,3H2. The van der Waals surface area contributed by atoms with E-state index < -0.39 is 17.9 Å². The molecule has 0 bridgehead atoms. The summed E-state index contributed by atoms with van der Waals surface area (Å²) < 4.78 is 0. The van der Waals surface area contributed by atoms with Gasteiger partial charge in [-0.3, -0.25) is 0 Å². The van der Waals surface area contributed by atoms with Gasteiger partial charge in [-0.15, -0.1) is 10.1 Å². The molecule has 0 fully saturated rings. The average Bonchev–Trinajstić information content (AvgIpc) is 1.61. The third-order valence-electron chi connectivity index (χ3n) is 0.351. The van der Waals surface area contributed by atoms with Gasteiger partial charge >= 0.3 is 0 Å². The Bertz CT molecular complexity index is 82.1. The lowest BCUT2D eigenvalue weighted by atomic mass is 10.7. The summed E-state index contributed by atoms with van der Waals surface area (Å²) in [7, 11) is 0. The summed E-state index contributed by atoms with van der Waals surface area (Å²) in [5.74, 6) is 0. The predicted octanol–water partition coefficient (Wildman–Crippen LogP) is -1.53. The first kappa shape index (κ1) is 7.12. The average molecular weight is 122 g/mol. The zero-order valence-electron chi connectivity index (χ0n) is 3.98. The van der Waals surface area contributed by atoms with Crippen molar-refractivity contribution in [2.45, 2.75) is 6.23 Å². The van der Waals surface area contributed by atoms with Gasteiger partial charge in [-0.05, 0) is 0 Å². The van der Waals surface area contributed by atoms with Crippen molar-refractivity contribution >= 4 is 0 Å². The number of aliphatic hydroxyl groups excluding tert-OH is 1. The molecular weight excluding hydrogens is 116 g/mol. The first-order valence-electron chi connectivity index (χ1n) is 1.84. The van der Waals surface area contributed by atoms with Crippen LogP contribution in [-0.4, -0.2) is 23.0 Å². The van der Waals surface area contributed by atoms with Crippen molar-refractivity contribution in [2.24, 2.45) is 5.73 Å². The van der Waals surface area contributed by atoms with E-state index in [1.165, 1.54) is 0 Å². The molecule has 1 atom stereocenters. The van der Waals surface area contributed by atoms with Crippen molar-refractivity contribution in [3.63, 3.8) is 0 Å². The molecule has 0 spiro atoms. The predicted molar refractivity (Wildman–Crippen MR) is 23.1 cm³/mol. The molecule has 0 aromatic carbocycles. The molecule has 3 N–H and O–H groups in total. The highest BCUT2D eigenvalue weighted by Crippen LogP contribution is 1.74. The molecule has 6 nitrogen and oxygen atoms in total. The monoisotopic (exact) mass is 122 g/mol. The van der Waals surface area contributed by atoms with Gasteiger partial charge in [-0.2, -0.15) is 0 Å². The van der Waals surface area contributed by atoms with Gasteiger partial charge in [0.1, 0.15) is 12.8 Å². The molecule has 0 aromatic heterocycles. The van der Waals surface area contributed by atoms with Crippen LogP contribution in [0.1, 0.15) is 0 Å². The number of rotatable bonds is 3. The highest BCUT2D eigenvalue weighted by atomic mass is 17.0. The molecule has 8 heavy (non-hydrogen) atoms. The van der Waals surface area contributed by atoms with Gasteiger partial charge in [-0.1, -0.05) is 0 Å². The molecule has 0 rings (SSSR count). The van der Waals surface area contributed by atoms with Crippen LogP contribution in [0.5, 0.6) is 0 Å². The molecule has 0 aliphatic heterocycles. The van der Waals surface area contributed by atoms with Gasteiger partial charge in [0, 0.05) is 0 Å². The third-order valence-corrected chi connectivity index (χ3v) is 0.351. The fourth-order valence-electron chi connectivity index (χ4n) is 0.137. The second-order valence-electron chi connectivity index (χ2n) is 1.09. The number of nitrogens with zero attached hydrogens (tertiary/aromatic N) is 1. The summed E-state index contributed by atoms with van der Waals surface area (Å²) in [6, 6.07) is 0. The van der Waals surface area contributed by atoms with E-state index in [2.05, 4.69) is 10.6 Å². The minimum absolute atomic E-state index is 0.479. The van der Waals surface area contributed by atoms with E-state index in [4.69, 9.17) is 5.11 Å². The Morgan fingerprint density at radius 3 is 2.62 bits per heavy atom. The first-order chi connectivity index (χ1) is 3.63. The van der Waals surface area contributed by atoms with Gasteiger partial charge in [0.05, 0.1) is 0 Å². The van der Waals surface area contributed by atoms with E-state index in [0.29, 0.717) is 0 Å². The van der Waals surface area contributed by atoms with Crippen LogP contribution in [0.25, 0.3) is 0 Å². The second-order valence-corrected chi connectivity index (χ2v) is 1.09. The molecule has 0 aliphatic carbocycles. The SMILES string of the molecule is NC(O)CO[N+](=O)[O-]. The lowest BCUT2D eigenvalue weighted by Gasteiger charge is -1.98. The maximum atomic E-state index is 9.32. The smallest absolute Gasteiger partial charge is 0.294 e. The largest absolute Gasteiger partial charge is 0.377 e. The van der Waals surface area contributed by atoms with Gasteiger partial charge < -0.3 is 15.7 Å². The van der Waals surface area contributed by atoms with E-state index in [1.54, 1.807) is 0 Å². The Labute approximate surface area is 45.0 Å². The topological polar surface area (TPSA) is 98.6 Å².